The maximum absolute atomic E-state index is 14.0. The maximum atomic E-state index is 14.0. The summed E-state index contributed by atoms with van der Waals surface area (Å²) < 4.78 is 57.3. The highest BCUT2D eigenvalue weighted by Gasteiger charge is 2.39. The summed E-state index contributed by atoms with van der Waals surface area (Å²) in [7, 11) is 0. The number of rotatable bonds is 8. The fourth-order valence-electron chi connectivity index (χ4n) is 5.08. The lowest BCUT2D eigenvalue weighted by Crippen LogP contribution is -2.34. The van der Waals surface area contributed by atoms with Crippen molar-refractivity contribution in [1.82, 2.24) is 10.1 Å². The molecule has 0 amide bonds. The van der Waals surface area contributed by atoms with Gasteiger partial charge in [-0.2, -0.15) is 14.0 Å². The molecule has 2 fully saturated rings. The van der Waals surface area contributed by atoms with Crippen LogP contribution in [-0.4, -0.2) is 28.0 Å². The zero-order valence-corrected chi connectivity index (χ0v) is 21.5. The van der Waals surface area contributed by atoms with Crippen LogP contribution in [0.5, 0.6) is 5.75 Å². The molecule has 2 aliphatic rings. The average molecular weight is 556 g/mol. The molecule has 0 spiro atoms. The van der Waals surface area contributed by atoms with Crippen molar-refractivity contribution < 1.29 is 32.3 Å². The average Bonchev–Trinajstić information content (AvgIpc) is 3.54. The Labute approximate surface area is 225 Å². The molecule has 4 aromatic rings. The van der Waals surface area contributed by atoms with Crippen LogP contribution in [0, 0.1) is 17.1 Å². The quantitative estimate of drug-likeness (QED) is 0.255. The van der Waals surface area contributed by atoms with Gasteiger partial charge in [-0.3, -0.25) is 0 Å². The number of thiazole rings is 1. The van der Waals surface area contributed by atoms with Gasteiger partial charge in [0.15, 0.2) is 0 Å². The van der Waals surface area contributed by atoms with E-state index in [9.17, 15) is 18.3 Å². The van der Waals surface area contributed by atoms with Crippen molar-refractivity contribution in [3.63, 3.8) is 0 Å². The first-order valence-electron chi connectivity index (χ1n) is 12.7. The van der Waals surface area contributed by atoms with Gasteiger partial charge in [0, 0.05) is 23.1 Å². The van der Waals surface area contributed by atoms with Crippen molar-refractivity contribution in [2.24, 2.45) is 0 Å². The second-order valence-electron chi connectivity index (χ2n) is 10.00. The van der Waals surface area contributed by atoms with Gasteiger partial charge in [-0.25, -0.2) is 9.37 Å². The second kappa shape index (κ2) is 10.3. The van der Waals surface area contributed by atoms with Crippen molar-refractivity contribution >= 4 is 21.6 Å². The molecule has 2 saturated carbocycles. The summed E-state index contributed by atoms with van der Waals surface area (Å²) >= 11 is 1.26. The van der Waals surface area contributed by atoms with Crippen molar-refractivity contribution in [3.05, 3.63) is 64.1 Å². The molecule has 2 aromatic heterocycles. The van der Waals surface area contributed by atoms with E-state index in [2.05, 4.69) is 10.1 Å². The van der Waals surface area contributed by atoms with Gasteiger partial charge < -0.3 is 19.1 Å². The molecule has 2 aromatic carbocycles. The molecule has 0 radical (unpaired) electrons. The third kappa shape index (κ3) is 5.12. The van der Waals surface area contributed by atoms with Gasteiger partial charge >= 0.3 is 6.61 Å². The minimum absolute atomic E-state index is 0.0183. The maximum Gasteiger partial charge on any atom is 0.387 e. The number of aromatic nitrogens is 2. The lowest BCUT2D eigenvalue weighted by atomic mass is 9.83. The summed E-state index contributed by atoms with van der Waals surface area (Å²) in [5.41, 5.74) is 0.770. The lowest BCUT2D eigenvalue weighted by molar-refractivity contribution is -0.0641. The summed E-state index contributed by atoms with van der Waals surface area (Å²) in [5.74, 6) is 0.329. The van der Waals surface area contributed by atoms with Crippen LogP contribution >= 0.6 is 11.3 Å². The first-order valence-corrected chi connectivity index (χ1v) is 13.5. The van der Waals surface area contributed by atoms with Gasteiger partial charge in [-0.05, 0) is 56.7 Å². The Morgan fingerprint density at radius 3 is 2.67 bits per heavy atom. The van der Waals surface area contributed by atoms with E-state index in [0.29, 0.717) is 57.9 Å². The van der Waals surface area contributed by atoms with Gasteiger partial charge in [-0.1, -0.05) is 17.3 Å². The molecule has 39 heavy (non-hydrogen) atoms. The first-order chi connectivity index (χ1) is 18.8. The Balaban J connectivity index is 1.17. The van der Waals surface area contributed by atoms with Crippen LogP contribution in [-0.2, 0) is 16.9 Å². The fourth-order valence-corrected chi connectivity index (χ4v) is 6.22. The molecule has 0 bridgehead atoms. The highest BCUT2D eigenvalue weighted by Crippen LogP contribution is 2.46. The largest absolute Gasteiger partial charge is 0.434 e. The van der Waals surface area contributed by atoms with Crippen molar-refractivity contribution in [1.29, 1.82) is 5.26 Å². The summed E-state index contributed by atoms with van der Waals surface area (Å²) in [6.45, 7) is -2.78. The van der Waals surface area contributed by atoms with Crippen LogP contribution in [0.2, 0.25) is 0 Å². The number of halogens is 3. The van der Waals surface area contributed by atoms with Gasteiger partial charge in [0.2, 0.25) is 0 Å². The fraction of sp³-hybridized carbons (Fsp3) is 0.393. The molecule has 0 unspecified atom stereocenters. The third-order valence-corrected chi connectivity index (χ3v) is 8.56. The van der Waals surface area contributed by atoms with E-state index < -0.39 is 18.0 Å². The van der Waals surface area contributed by atoms with E-state index in [1.165, 1.54) is 29.5 Å². The van der Waals surface area contributed by atoms with Crippen LogP contribution < -0.4 is 4.74 Å². The monoisotopic (exact) mass is 555 g/mol. The highest BCUT2D eigenvalue weighted by molar-refractivity contribution is 7.18. The molecule has 0 saturated heterocycles. The van der Waals surface area contributed by atoms with E-state index in [-0.39, 0.29) is 29.9 Å². The molecular weight excluding hydrogens is 531 g/mol. The Hall–Kier alpha value is -3.46. The molecular formula is C28H24F3N3O4S. The number of nitrogens with zero attached hydrogens (tertiary/aromatic N) is 3. The number of hydrogen-bond donors (Lipinski definition) is 1. The van der Waals surface area contributed by atoms with Crippen molar-refractivity contribution in [2.75, 3.05) is 0 Å². The smallest absolute Gasteiger partial charge is 0.387 e. The number of para-hydroxylation sites is 1. The summed E-state index contributed by atoms with van der Waals surface area (Å²) in [6, 6.07) is 11.0. The van der Waals surface area contributed by atoms with Crippen LogP contribution in [0.15, 0.2) is 40.9 Å². The highest BCUT2D eigenvalue weighted by atomic mass is 32.1. The molecule has 1 N–H and O–H groups in total. The standard InChI is InChI=1S/C28H24F3N3O4S/c29-20-12-21-23(11-16(20)13-32)39-26(33-21)28(35)9-7-17(8-10-28)36-14-19-24(34-38-25(19)15-5-6-15)18-3-1-2-4-22(18)37-27(30)31/h1-4,11-12,15,17,27,35H,5-10,14H2. The zero-order chi connectivity index (χ0) is 27.1. The summed E-state index contributed by atoms with van der Waals surface area (Å²) in [6.07, 6.45) is 3.72. The molecule has 202 valence electrons. The number of alkyl halides is 2. The molecule has 6 rings (SSSR count). The van der Waals surface area contributed by atoms with Gasteiger partial charge in [0.05, 0.1) is 28.5 Å². The zero-order valence-electron chi connectivity index (χ0n) is 20.7. The van der Waals surface area contributed by atoms with E-state index in [0.717, 1.165) is 18.4 Å². The number of benzene rings is 2. The minimum atomic E-state index is -2.97. The predicted molar refractivity (Wildman–Crippen MR) is 136 cm³/mol. The Bertz CT molecular complexity index is 1550. The van der Waals surface area contributed by atoms with E-state index in [1.54, 1.807) is 18.2 Å². The molecule has 11 heteroatoms. The van der Waals surface area contributed by atoms with Crippen LogP contribution in [0.4, 0.5) is 13.2 Å². The summed E-state index contributed by atoms with van der Waals surface area (Å²) in [4.78, 5) is 4.46. The summed E-state index contributed by atoms with van der Waals surface area (Å²) in [5, 5.41) is 25.2. The number of nitriles is 1. The van der Waals surface area contributed by atoms with E-state index >= 15 is 0 Å². The number of hydrogen-bond acceptors (Lipinski definition) is 8. The molecule has 0 aliphatic heterocycles. The third-order valence-electron chi connectivity index (χ3n) is 7.34. The topological polar surface area (TPSA) is 101 Å². The first kappa shape index (κ1) is 25.8. The van der Waals surface area contributed by atoms with E-state index in [1.807, 2.05) is 6.07 Å². The molecule has 2 heterocycles. The van der Waals surface area contributed by atoms with Crippen LogP contribution in [0.1, 0.15) is 66.3 Å². The lowest BCUT2D eigenvalue weighted by Gasteiger charge is -2.34. The van der Waals surface area contributed by atoms with Crippen molar-refractivity contribution in [3.8, 4) is 23.1 Å². The van der Waals surface area contributed by atoms with Crippen molar-refractivity contribution in [2.45, 2.75) is 69.4 Å². The minimum Gasteiger partial charge on any atom is -0.434 e. The second-order valence-corrected chi connectivity index (χ2v) is 11.0. The number of aliphatic hydroxyl groups is 1. The Morgan fingerprint density at radius 1 is 1.18 bits per heavy atom. The van der Waals surface area contributed by atoms with Crippen LogP contribution in [0.3, 0.4) is 0 Å². The van der Waals surface area contributed by atoms with Gasteiger partial charge in [0.25, 0.3) is 0 Å². The predicted octanol–water partition coefficient (Wildman–Crippen LogP) is 6.79. The SMILES string of the molecule is N#Cc1cc2sc(C3(O)CCC(OCc4c(-c5ccccc5OC(F)F)noc4C4CC4)CC3)nc2cc1F. The molecule has 2 aliphatic carbocycles. The van der Waals surface area contributed by atoms with Gasteiger partial charge in [0.1, 0.15) is 39.7 Å². The number of fused-ring (bicyclic) bond motifs is 1. The normalized spacial score (nSPS) is 21.4. The van der Waals surface area contributed by atoms with E-state index in [4.69, 9.17) is 19.3 Å². The molecule has 7 nitrogen and oxygen atoms in total. The van der Waals surface area contributed by atoms with Crippen LogP contribution in [0.25, 0.3) is 21.5 Å². The van der Waals surface area contributed by atoms with Gasteiger partial charge in [-0.15, -0.1) is 11.3 Å². The Morgan fingerprint density at radius 2 is 1.95 bits per heavy atom. The Kier molecular flexibility index (Phi) is 6.79. The molecule has 0 atom stereocenters. The number of ether oxygens (including phenoxy) is 2.